The first-order chi connectivity index (χ1) is 16.9. The average molecular weight is 471 g/mol. The molecule has 4 rings (SSSR count). The molecule has 0 saturated heterocycles. The number of esters is 1. The van der Waals surface area contributed by atoms with E-state index < -0.39 is 5.97 Å². The number of amides is 2. The highest BCUT2D eigenvalue weighted by atomic mass is 16.5. The van der Waals surface area contributed by atoms with E-state index in [0.29, 0.717) is 33.8 Å². The molecule has 3 N–H and O–H groups in total. The van der Waals surface area contributed by atoms with Crippen LogP contribution in [0, 0.1) is 0 Å². The molecule has 1 aliphatic heterocycles. The van der Waals surface area contributed by atoms with Gasteiger partial charge >= 0.3 is 5.97 Å². The zero-order chi connectivity index (χ0) is 24.9. The van der Waals surface area contributed by atoms with Gasteiger partial charge in [-0.2, -0.15) is 0 Å². The molecule has 1 aliphatic rings. The zero-order valence-corrected chi connectivity index (χ0v) is 19.7. The lowest BCUT2D eigenvalue weighted by molar-refractivity contribution is -0.116. The number of rotatable bonds is 7. The maximum atomic E-state index is 13.1. The summed E-state index contributed by atoms with van der Waals surface area (Å²) in [4.78, 5) is 38.8. The Balaban J connectivity index is 1.69. The average Bonchev–Trinajstić information content (AvgIpc) is 3.17. The molecule has 0 bridgehead atoms. The number of methoxy groups -OCH3 is 1. The summed E-state index contributed by atoms with van der Waals surface area (Å²) in [5.74, 6) is -0.854. The molecule has 8 heteroatoms. The van der Waals surface area contributed by atoms with Gasteiger partial charge < -0.3 is 25.6 Å². The SMILES string of the molecule is COC(=O)c1ccc2c(c1)NC(=O)/C2=C(\Nc1ccc(NC(=O)CN(C)C)cc1)c1ccccc1. The predicted molar refractivity (Wildman–Crippen MR) is 137 cm³/mol. The van der Waals surface area contributed by atoms with Crippen molar-refractivity contribution in [3.63, 3.8) is 0 Å². The minimum atomic E-state index is -0.473. The summed E-state index contributed by atoms with van der Waals surface area (Å²) in [5, 5.41) is 9.09. The molecule has 3 aromatic rings. The second-order valence-electron chi connectivity index (χ2n) is 8.31. The molecule has 1 heterocycles. The molecule has 35 heavy (non-hydrogen) atoms. The predicted octanol–water partition coefficient (Wildman–Crippen LogP) is 3.91. The number of fused-ring (bicyclic) bond motifs is 1. The van der Waals surface area contributed by atoms with Gasteiger partial charge in [0.2, 0.25) is 5.91 Å². The van der Waals surface area contributed by atoms with E-state index >= 15 is 0 Å². The molecule has 0 radical (unpaired) electrons. The molecule has 3 aromatic carbocycles. The lowest BCUT2D eigenvalue weighted by Gasteiger charge is -2.15. The van der Waals surface area contributed by atoms with Crippen LogP contribution in [0.5, 0.6) is 0 Å². The third kappa shape index (κ3) is 5.39. The fourth-order valence-corrected chi connectivity index (χ4v) is 3.82. The van der Waals surface area contributed by atoms with Crippen molar-refractivity contribution in [1.82, 2.24) is 4.90 Å². The molecular formula is C27H26N4O4. The maximum absolute atomic E-state index is 13.1. The minimum Gasteiger partial charge on any atom is -0.465 e. The third-order valence-corrected chi connectivity index (χ3v) is 5.40. The Kier molecular flexibility index (Phi) is 6.93. The fourth-order valence-electron chi connectivity index (χ4n) is 3.82. The normalized spacial score (nSPS) is 13.7. The first kappa shape index (κ1) is 23.7. The molecule has 0 unspecified atom stereocenters. The first-order valence-electron chi connectivity index (χ1n) is 11.0. The van der Waals surface area contributed by atoms with E-state index in [9.17, 15) is 14.4 Å². The Morgan fingerprint density at radius 2 is 1.54 bits per heavy atom. The Morgan fingerprint density at radius 3 is 2.17 bits per heavy atom. The van der Waals surface area contributed by atoms with Gasteiger partial charge in [-0.1, -0.05) is 36.4 Å². The summed E-state index contributed by atoms with van der Waals surface area (Å²) in [5.41, 5.74) is 4.91. The number of benzene rings is 3. The number of anilines is 3. The Labute approximate surface area is 203 Å². The summed E-state index contributed by atoms with van der Waals surface area (Å²) in [6, 6.07) is 21.8. The standard InChI is InChI=1S/C27H26N4O4/c1-31(2)16-23(32)28-19-10-12-20(13-11-19)29-25(17-7-5-4-6-8-17)24-21-14-9-18(27(34)35-3)15-22(21)30-26(24)33/h4-15,29H,16H2,1-3H3,(H,28,32)(H,30,33)/b25-24-. The van der Waals surface area contributed by atoms with Crippen molar-refractivity contribution in [3.05, 3.63) is 89.5 Å². The van der Waals surface area contributed by atoms with Gasteiger partial charge in [0.05, 0.1) is 36.2 Å². The van der Waals surface area contributed by atoms with Crippen LogP contribution < -0.4 is 16.0 Å². The summed E-state index contributed by atoms with van der Waals surface area (Å²) < 4.78 is 4.79. The molecule has 0 fully saturated rings. The second kappa shape index (κ2) is 10.2. The highest BCUT2D eigenvalue weighted by molar-refractivity contribution is 6.37. The second-order valence-corrected chi connectivity index (χ2v) is 8.31. The monoisotopic (exact) mass is 470 g/mol. The molecule has 0 atom stereocenters. The van der Waals surface area contributed by atoms with Crippen molar-refractivity contribution in [2.45, 2.75) is 0 Å². The van der Waals surface area contributed by atoms with E-state index in [0.717, 1.165) is 11.3 Å². The summed E-state index contributed by atoms with van der Waals surface area (Å²) in [6.07, 6.45) is 0. The molecule has 0 spiro atoms. The topological polar surface area (TPSA) is 99.8 Å². The highest BCUT2D eigenvalue weighted by Gasteiger charge is 2.29. The van der Waals surface area contributed by atoms with Gasteiger partial charge in [0.25, 0.3) is 5.91 Å². The van der Waals surface area contributed by atoms with Crippen molar-refractivity contribution in [3.8, 4) is 0 Å². The summed E-state index contributed by atoms with van der Waals surface area (Å²) in [7, 11) is 4.98. The van der Waals surface area contributed by atoms with Crippen LogP contribution in [0.25, 0.3) is 11.3 Å². The van der Waals surface area contributed by atoms with E-state index in [4.69, 9.17) is 4.74 Å². The zero-order valence-electron chi connectivity index (χ0n) is 19.7. The van der Waals surface area contributed by atoms with Crippen LogP contribution in [0.1, 0.15) is 21.5 Å². The Morgan fingerprint density at radius 1 is 0.886 bits per heavy atom. The number of nitrogens with zero attached hydrogens (tertiary/aromatic N) is 1. The summed E-state index contributed by atoms with van der Waals surface area (Å²) in [6.45, 7) is 0.288. The largest absolute Gasteiger partial charge is 0.465 e. The van der Waals surface area contributed by atoms with Gasteiger partial charge in [0.15, 0.2) is 0 Å². The quantitative estimate of drug-likeness (QED) is 0.358. The van der Waals surface area contributed by atoms with Gasteiger partial charge in [0, 0.05) is 16.9 Å². The van der Waals surface area contributed by atoms with Crippen molar-refractivity contribution < 1.29 is 19.1 Å². The van der Waals surface area contributed by atoms with Crippen LogP contribution in [0.3, 0.4) is 0 Å². The summed E-state index contributed by atoms with van der Waals surface area (Å²) >= 11 is 0. The van der Waals surface area contributed by atoms with Crippen LogP contribution in [-0.4, -0.2) is 50.4 Å². The molecular weight excluding hydrogens is 444 g/mol. The van der Waals surface area contributed by atoms with Crippen molar-refractivity contribution in [2.75, 3.05) is 43.7 Å². The molecule has 0 aliphatic carbocycles. The van der Waals surface area contributed by atoms with Crippen LogP contribution in [0.4, 0.5) is 17.1 Å². The number of ether oxygens (including phenoxy) is 1. The van der Waals surface area contributed by atoms with Crippen LogP contribution >= 0.6 is 0 Å². The number of hydrogen-bond donors (Lipinski definition) is 3. The maximum Gasteiger partial charge on any atom is 0.337 e. The molecule has 2 amide bonds. The van der Waals surface area contributed by atoms with Crippen molar-refractivity contribution in [1.29, 1.82) is 0 Å². The number of likely N-dealkylation sites (N-methyl/N-ethyl adjacent to an activating group) is 1. The lowest BCUT2D eigenvalue weighted by Crippen LogP contribution is -2.27. The molecule has 178 valence electrons. The van der Waals surface area contributed by atoms with Crippen LogP contribution in [-0.2, 0) is 14.3 Å². The van der Waals surface area contributed by atoms with Crippen LogP contribution in [0.2, 0.25) is 0 Å². The minimum absolute atomic E-state index is 0.103. The first-order valence-corrected chi connectivity index (χ1v) is 11.0. The fraction of sp³-hybridized carbons (Fsp3) is 0.148. The Bertz CT molecular complexity index is 1300. The van der Waals surface area contributed by atoms with E-state index in [2.05, 4.69) is 16.0 Å². The van der Waals surface area contributed by atoms with E-state index in [1.165, 1.54) is 7.11 Å². The number of carbonyl (C=O) groups is 3. The van der Waals surface area contributed by atoms with E-state index in [1.807, 2.05) is 56.6 Å². The number of hydrogen-bond acceptors (Lipinski definition) is 6. The third-order valence-electron chi connectivity index (χ3n) is 5.40. The van der Waals surface area contributed by atoms with Crippen molar-refractivity contribution in [2.24, 2.45) is 0 Å². The molecule has 0 aromatic heterocycles. The molecule has 0 saturated carbocycles. The Hall–Kier alpha value is -4.43. The lowest BCUT2D eigenvalue weighted by atomic mass is 9.99. The highest BCUT2D eigenvalue weighted by Crippen LogP contribution is 2.38. The number of nitrogens with one attached hydrogen (secondary N) is 3. The van der Waals surface area contributed by atoms with Gasteiger partial charge in [0.1, 0.15) is 0 Å². The van der Waals surface area contributed by atoms with E-state index in [1.54, 1.807) is 35.2 Å². The van der Waals surface area contributed by atoms with Crippen LogP contribution in [0.15, 0.2) is 72.8 Å². The smallest absolute Gasteiger partial charge is 0.337 e. The molecule has 8 nitrogen and oxygen atoms in total. The number of carbonyl (C=O) groups excluding carboxylic acids is 3. The van der Waals surface area contributed by atoms with Gasteiger partial charge in [-0.25, -0.2) is 4.79 Å². The van der Waals surface area contributed by atoms with Gasteiger partial charge in [-0.3, -0.25) is 9.59 Å². The van der Waals surface area contributed by atoms with E-state index in [-0.39, 0.29) is 18.4 Å². The van der Waals surface area contributed by atoms with Gasteiger partial charge in [-0.05, 0) is 56.1 Å². The van der Waals surface area contributed by atoms with Crippen molar-refractivity contribution >= 4 is 46.1 Å². The van der Waals surface area contributed by atoms with Gasteiger partial charge in [-0.15, -0.1) is 0 Å².